The first-order valence-corrected chi connectivity index (χ1v) is 6.67. The summed E-state index contributed by atoms with van der Waals surface area (Å²) in [6, 6.07) is 9.03. The molecule has 0 amide bonds. The monoisotopic (exact) mass is 274 g/mol. The van der Waals surface area contributed by atoms with Gasteiger partial charge in [-0.05, 0) is 37.3 Å². The average Bonchev–Trinajstić information content (AvgIpc) is 2.92. The molecule has 1 aromatic heterocycles. The zero-order valence-corrected chi connectivity index (χ0v) is 11.7. The van der Waals surface area contributed by atoms with E-state index >= 15 is 0 Å². The van der Waals surface area contributed by atoms with Crippen molar-refractivity contribution in [3.63, 3.8) is 0 Å². The van der Waals surface area contributed by atoms with Crippen LogP contribution in [0.3, 0.4) is 0 Å². The molecular weight excluding hydrogens is 260 g/mol. The van der Waals surface area contributed by atoms with E-state index in [1.54, 1.807) is 24.3 Å². The van der Waals surface area contributed by atoms with Crippen LogP contribution in [0.4, 0.5) is 5.82 Å². The third kappa shape index (κ3) is 1.94. The van der Waals surface area contributed by atoms with Crippen molar-refractivity contribution >= 4 is 23.2 Å². The van der Waals surface area contributed by atoms with Crippen LogP contribution in [0.25, 0.3) is 0 Å². The molecule has 0 saturated heterocycles. The molecule has 2 aromatic rings. The van der Waals surface area contributed by atoms with Gasteiger partial charge in [0.15, 0.2) is 5.78 Å². The fourth-order valence-electron chi connectivity index (χ4n) is 2.64. The summed E-state index contributed by atoms with van der Waals surface area (Å²) in [5, 5.41) is 0.645. The number of benzene rings is 1. The Morgan fingerprint density at radius 2 is 1.89 bits per heavy atom. The van der Waals surface area contributed by atoms with E-state index in [9.17, 15) is 4.79 Å². The van der Waals surface area contributed by atoms with Gasteiger partial charge in [0.25, 0.3) is 0 Å². The van der Waals surface area contributed by atoms with Crippen LogP contribution in [0, 0.1) is 6.92 Å². The molecule has 0 radical (unpaired) electrons. The molecule has 3 nitrogen and oxygen atoms in total. The number of anilines is 1. The Balaban J connectivity index is 2.06. The highest BCUT2D eigenvalue weighted by Gasteiger charge is 2.26. The van der Waals surface area contributed by atoms with Crippen molar-refractivity contribution in [1.29, 1.82) is 0 Å². The number of hydrogen-bond acceptors (Lipinski definition) is 2. The van der Waals surface area contributed by atoms with Crippen LogP contribution in [0.1, 0.15) is 21.6 Å². The Hall–Kier alpha value is -1.74. The Kier molecular flexibility index (Phi) is 2.86. The molecule has 98 valence electrons. The molecular formula is C15H15ClN2O. The Morgan fingerprint density at radius 3 is 2.58 bits per heavy atom. The number of aryl methyl sites for hydroxylation is 1. The van der Waals surface area contributed by atoms with E-state index in [1.165, 1.54) is 0 Å². The maximum atomic E-state index is 12.6. The number of fused-ring (bicyclic) bond motifs is 1. The molecule has 2 heterocycles. The van der Waals surface area contributed by atoms with Crippen LogP contribution in [-0.4, -0.2) is 23.9 Å². The Morgan fingerprint density at radius 1 is 1.21 bits per heavy atom. The van der Waals surface area contributed by atoms with E-state index in [1.807, 2.05) is 20.0 Å². The summed E-state index contributed by atoms with van der Waals surface area (Å²) in [6.07, 6.45) is 0. The smallest absolute Gasteiger partial charge is 0.196 e. The van der Waals surface area contributed by atoms with E-state index in [2.05, 4.69) is 9.47 Å². The van der Waals surface area contributed by atoms with Gasteiger partial charge >= 0.3 is 0 Å². The van der Waals surface area contributed by atoms with Crippen molar-refractivity contribution in [2.24, 2.45) is 0 Å². The summed E-state index contributed by atoms with van der Waals surface area (Å²) in [6.45, 7) is 3.95. The number of hydrogen-bond donors (Lipinski definition) is 0. The van der Waals surface area contributed by atoms with Crippen LogP contribution in [0.5, 0.6) is 0 Å². The third-order valence-electron chi connectivity index (χ3n) is 3.65. The third-order valence-corrected chi connectivity index (χ3v) is 3.90. The molecule has 0 atom stereocenters. The molecule has 1 aromatic carbocycles. The van der Waals surface area contributed by atoms with Crippen LogP contribution in [0.15, 0.2) is 30.3 Å². The first-order chi connectivity index (χ1) is 9.08. The number of carbonyl (C=O) groups excluding carboxylic acids is 1. The summed E-state index contributed by atoms with van der Waals surface area (Å²) in [4.78, 5) is 14.7. The van der Waals surface area contributed by atoms with Crippen LogP contribution >= 0.6 is 11.6 Å². The van der Waals surface area contributed by atoms with Gasteiger partial charge in [0, 0.05) is 36.4 Å². The maximum Gasteiger partial charge on any atom is 0.196 e. The molecule has 0 aliphatic carbocycles. The highest BCUT2D eigenvalue weighted by molar-refractivity contribution is 6.30. The van der Waals surface area contributed by atoms with Crippen molar-refractivity contribution in [2.75, 3.05) is 18.5 Å². The van der Waals surface area contributed by atoms with Crippen molar-refractivity contribution in [3.05, 3.63) is 52.2 Å². The lowest BCUT2D eigenvalue weighted by molar-refractivity contribution is 0.103. The second kappa shape index (κ2) is 4.42. The fourth-order valence-corrected chi connectivity index (χ4v) is 2.76. The number of ketones is 1. The molecule has 0 bridgehead atoms. The minimum Gasteiger partial charge on any atom is -0.359 e. The minimum absolute atomic E-state index is 0.0577. The molecule has 19 heavy (non-hydrogen) atoms. The number of rotatable bonds is 2. The van der Waals surface area contributed by atoms with Gasteiger partial charge in [-0.2, -0.15) is 0 Å². The number of halogens is 1. The number of carbonyl (C=O) groups is 1. The van der Waals surface area contributed by atoms with E-state index in [0.717, 1.165) is 30.2 Å². The lowest BCUT2D eigenvalue weighted by Crippen LogP contribution is -2.15. The highest BCUT2D eigenvalue weighted by atomic mass is 35.5. The van der Waals surface area contributed by atoms with E-state index < -0.39 is 0 Å². The summed E-state index contributed by atoms with van der Waals surface area (Å²) >= 11 is 5.86. The largest absolute Gasteiger partial charge is 0.359 e. The van der Waals surface area contributed by atoms with Gasteiger partial charge in [-0.15, -0.1) is 0 Å². The van der Waals surface area contributed by atoms with Gasteiger partial charge in [0.05, 0.1) is 5.56 Å². The van der Waals surface area contributed by atoms with E-state index in [-0.39, 0.29) is 5.78 Å². The predicted octanol–water partition coefficient (Wildman–Crippen LogP) is 3.13. The lowest BCUT2D eigenvalue weighted by atomic mass is 10.1. The van der Waals surface area contributed by atoms with Gasteiger partial charge in [-0.25, -0.2) is 0 Å². The number of likely N-dealkylation sites (N-methyl/N-ethyl adjacent to an activating group) is 1. The first-order valence-electron chi connectivity index (χ1n) is 6.29. The lowest BCUT2D eigenvalue weighted by Gasteiger charge is -2.12. The number of nitrogens with zero attached hydrogens (tertiary/aromatic N) is 2. The molecule has 1 aliphatic rings. The molecule has 1 aliphatic heterocycles. The standard InChI is InChI=1S/C15H15ClN2O/c1-10-9-13(15-17(2)7-8-18(10)15)14(19)11-3-5-12(16)6-4-11/h3-6,9H,7-8H2,1-2H3. The van der Waals surface area contributed by atoms with Gasteiger partial charge in [-0.1, -0.05) is 11.6 Å². The minimum atomic E-state index is 0.0577. The second-order valence-corrected chi connectivity index (χ2v) is 5.37. The predicted molar refractivity (Wildman–Crippen MR) is 77.3 cm³/mol. The summed E-state index contributed by atoms with van der Waals surface area (Å²) in [5.41, 5.74) is 2.59. The van der Waals surface area contributed by atoms with E-state index in [0.29, 0.717) is 10.6 Å². The van der Waals surface area contributed by atoms with Gasteiger partial charge in [0.2, 0.25) is 0 Å². The van der Waals surface area contributed by atoms with Crippen molar-refractivity contribution < 1.29 is 4.79 Å². The topological polar surface area (TPSA) is 25.2 Å². The van der Waals surface area contributed by atoms with Crippen LogP contribution < -0.4 is 4.90 Å². The van der Waals surface area contributed by atoms with Gasteiger partial charge < -0.3 is 9.47 Å². The average molecular weight is 275 g/mol. The van der Waals surface area contributed by atoms with Crippen molar-refractivity contribution in [1.82, 2.24) is 4.57 Å². The second-order valence-electron chi connectivity index (χ2n) is 4.93. The summed E-state index contributed by atoms with van der Waals surface area (Å²) in [7, 11) is 2.02. The summed E-state index contributed by atoms with van der Waals surface area (Å²) < 4.78 is 2.20. The highest BCUT2D eigenvalue weighted by Crippen LogP contribution is 2.30. The molecule has 0 unspecified atom stereocenters. The molecule has 3 rings (SSSR count). The van der Waals surface area contributed by atoms with Crippen molar-refractivity contribution in [3.8, 4) is 0 Å². The molecule has 0 N–H and O–H groups in total. The molecule has 0 saturated carbocycles. The van der Waals surface area contributed by atoms with Crippen LogP contribution in [-0.2, 0) is 6.54 Å². The first kappa shape index (κ1) is 12.3. The number of aromatic nitrogens is 1. The van der Waals surface area contributed by atoms with Crippen LogP contribution in [0.2, 0.25) is 5.02 Å². The van der Waals surface area contributed by atoms with E-state index in [4.69, 9.17) is 11.6 Å². The normalized spacial score (nSPS) is 13.7. The Bertz CT molecular complexity index is 643. The molecule has 0 spiro atoms. The van der Waals surface area contributed by atoms with Crippen molar-refractivity contribution in [2.45, 2.75) is 13.5 Å². The fraction of sp³-hybridized carbons (Fsp3) is 0.267. The quantitative estimate of drug-likeness (QED) is 0.786. The molecule has 4 heteroatoms. The summed E-state index contributed by atoms with van der Waals surface area (Å²) in [5.74, 6) is 1.08. The SMILES string of the molecule is Cc1cc(C(=O)c2ccc(Cl)cc2)c2n1CCN2C. The zero-order valence-electron chi connectivity index (χ0n) is 11.0. The Labute approximate surface area is 117 Å². The zero-order chi connectivity index (χ0) is 13.6. The van der Waals surface area contributed by atoms with Gasteiger partial charge in [0.1, 0.15) is 5.82 Å². The van der Waals surface area contributed by atoms with Gasteiger partial charge in [-0.3, -0.25) is 4.79 Å². The maximum absolute atomic E-state index is 12.6. The molecule has 0 fully saturated rings.